The second-order valence-electron chi connectivity index (χ2n) is 10.2. The maximum Gasteiger partial charge on any atom is 0.290 e. The number of hydrogen-bond acceptors (Lipinski definition) is 4. The average Bonchev–Trinajstić information content (AvgIpc) is 3.05. The van der Waals surface area contributed by atoms with Crippen molar-refractivity contribution in [2.45, 2.75) is 71.4 Å². The summed E-state index contributed by atoms with van der Waals surface area (Å²) in [5.41, 5.74) is 3.24. The van der Waals surface area contributed by atoms with E-state index in [1.807, 2.05) is 68.4 Å². The van der Waals surface area contributed by atoms with Crippen LogP contribution < -0.4 is 0 Å². The molecule has 5 heteroatoms. The fourth-order valence-corrected chi connectivity index (χ4v) is 4.27. The standard InChI is InChI=1S/C29H37NO4/c1-20(2)34-19-9-18-30-26(22-13-15-23(16-14-22)29(3,4)5)25(27(32)28(30)33)24(31)17-12-21-10-7-6-8-11-21/h6-8,10-11,13-16,20,26,32H,9,12,17-19H2,1-5H3. The van der Waals surface area contributed by atoms with Crippen molar-refractivity contribution in [1.29, 1.82) is 0 Å². The first-order valence-electron chi connectivity index (χ1n) is 12.1. The molecule has 1 aliphatic heterocycles. The molecule has 1 amide bonds. The van der Waals surface area contributed by atoms with Gasteiger partial charge < -0.3 is 14.7 Å². The Kier molecular flexibility index (Phi) is 8.32. The number of aliphatic hydroxyl groups is 1. The van der Waals surface area contributed by atoms with E-state index in [1.165, 1.54) is 5.56 Å². The molecule has 0 bridgehead atoms. The molecule has 0 saturated heterocycles. The zero-order valence-corrected chi connectivity index (χ0v) is 21.0. The van der Waals surface area contributed by atoms with Gasteiger partial charge in [-0.05, 0) is 48.8 Å². The van der Waals surface area contributed by atoms with Crippen molar-refractivity contribution in [2.24, 2.45) is 0 Å². The minimum Gasteiger partial charge on any atom is -0.503 e. The van der Waals surface area contributed by atoms with Gasteiger partial charge in [0.15, 0.2) is 11.5 Å². The number of rotatable bonds is 10. The fraction of sp³-hybridized carbons (Fsp3) is 0.448. The molecule has 2 aromatic carbocycles. The van der Waals surface area contributed by atoms with Crippen LogP contribution in [0.5, 0.6) is 0 Å². The van der Waals surface area contributed by atoms with Crippen molar-refractivity contribution in [3.63, 3.8) is 0 Å². The highest BCUT2D eigenvalue weighted by Crippen LogP contribution is 2.39. The molecule has 0 aliphatic carbocycles. The smallest absolute Gasteiger partial charge is 0.290 e. The Morgan fingerprint density at radius 1 is 1.06 bits per heavy atom. The molecule has 3 rings (SSSR count). The van der Waals surface area contributed by atoms with Crippen molar-refractivity contribution in [3.05, 3.63) is 82.6 Å². The Bertz CT molecular complexity index is 1020. The molecule has 34 heavy (non-hydrogen) atoms. The first kappa shape index (κ1) is 25.7. The SMILES string of the molecule is CC(C)OCCCN1C(=O)C(O)=C(C(=O)CCc2ccccc2)C1c1ccc(C(C)(C)C)cc1. The number of aryl methyl sites for hydroxylation is 1. The normalized spacial score (nSPS) is 16.6. The quantitative estimate of drug-likeness (QED) is 0.459. The number of aliphatic hydroxyl groups excluding tert-OH is 1. The van der Waals surface area contributed by atoms with Gasteiger partial charge in [0, 0.05) is 19.6 Å². The molecule has 0 radical (unpaired) electrons. The van der Waals surface area contributed by atoms with Crippen LogP contribution in [0.3, 0.4) is 0 Å². The Hall–Kier alpha value is -2.92. The number of ketones is 1. The predicted molar refractivity (Wildman–Crippen MR) is 135 cm³/mol. The van der Waals surface area contributed by atoms with Crippen LogP contribution in [0.2, 0.25) is 0 Å². The second kappa shape index (κ2) is 11.0. The van der Waals surface area contributed by atoms with E-state index in [2.05, 4.69) is 20.8 Å². The van der Waals surface area contributed by atoms with Gasteiger partial charge in [0.25, 0.3) is 5.91 Å². The van der Waals surface area contributed by atoms with Crippen LogP contribution in [0, 0.1) is 0 Å². The summed E-state index contributed by atoms with van der Waals surface area (Å²) in [5, 5.41) is 10.8. The fourth-order valence-electron chi connectivity index (χ4n) is 4.27. The second-order valence-corrected chi connectivity index (χ2v) is 10.2. The van der Waals surface area contributed by atoms with Gasteiger partial charge in [0.05, 0.1) is 17.7 Å². The summed E-state index contributed by atoms with van der Waals surface area (Å²) in [6.07, 6.45) is 1.52. The molecule has 1 N–H and O–H groups in total. The highest BCUT2D eigenvalue weighted by atomic mass is 16.5. The van der Waals surface area contributed by atoms with Gasteiger partial charge in [-0.1, -0.05) is 75.4 Å². The molecule has 0 fully saturated rings. The lowest BCUT2D eigenvalue weighted by Gasteiger charge is -2.28. The van der Waals surface area contributed by atoms with Gasteiger partial charge in [-0.2, -0.15) is 0 Å². The van der Waals surface area contributed by atoms with Gasteiger partial charge in [-0.3, -0.25) is 9.59 Å². The largest absolute Gasteiger partial charge is 0.503 e. The zero-order valence-electron chi connectivity index (χ0n) is 21.0. The van der Waals surface area contributed by atoms with Crippen LogP contribution in [0.25, 0.3) is 0 Å². The van der Waals surface area contributed by atoms with E-state index in [0.29, 0.717) is 26.0 Å². The highest BCUT2D eigenvalue weighted by Gasteiger charge is 2.42. The number of ether oxygens (including phenoxy) is 1. The first-order chi connectivity index (χ1) is 16.1. The van der Waals surface area contributed by atoms with E-state index in [4.69, 9.17) is 4.74 Å². The Morgan fingerprint density at radius 2 is 1.71 bits per heavy atom. The lowest BCUT2D eigenvalue weighted by Crippen LogP contribution is -2.33. The van der Waals surface area contributed by atoms with Crippen LogP contribution in [-0.4, -0.2) is 41.0 Å². The molecule has 0 aromatic heterocycles. The number of benzene rings is 2. The molecule has 182 valence electrons. The number of carbonyl (C=O) groups excluding carboxylic acids is 2. The maximum atomic E-state index is 13.3. The molecule has 5 nitrogen and oxygen atoms in total. The number of hydrogen-bond donors (Lipinski definition) is 1. The van der Waals surface area contributed by atoms with Crippen molar-refractivity contribution in [1.82, 2.24) is 4.90 Å². The van der Waals surface area contributed by atoms with E-state index < -0.39 is 17.7 Å². The third-order valence-electron chi connectivity index (χ3n) is 6.17. The van der Waals surface area contributed by atoms with Crippen molar-refractivity contribution in [2.75, 3.05) is 13.2 Å². The highest BCUT2D eigenvalue weighted by molar-refractivity contribution is 6.09. The Labute approximate surface area is 203 Å². The number of nitrogens with zero attached hydrogens (tertiary/aromatic N) is 1. The third kappa shape index (κ3) is 6.15. The van der Waals surface area contributed by atoms with Crippen LogP contribution in [-0.2, 0) is 26.2 Å². The summed E-state index contributed by atoms with van der Waals surface area (Å²) in [6.45, 7) is 11.3. The lowest BCUT2D eigenvalue weighted by molar-refractivity contribution is -0.129. The lowest BCUT2D eigenvalue weighted by atomic mass is 9.85. The van der Waals surface area contributed by atoms with Gasteiger partial charge in [-0.25, -0.2) is 0 Å². The minimum absolute atomic E-state index is 0.00971. The van der Waals surface area contributed by atoms with Crippen LogP contribution in [0.15, 0.2) is 65.9 Å². The summed E-state index contributed by atoms with van der Waals surface area (Å²) in [6, 6.07) is 17.2. The number of carbonyl (C=O) groups is 2. The van der Waals surface area contributed by atoms with E-state index in [-0.39, 0.29) is 29.3 Å². The van der Waals surface area contributed by atoms with E-state index in [1.54, 1.807) is 4.90 Å². The first-order valence-corrected chi connectivity index (χ1v) is 12.1. The third-order valence-corrected chi connectivity index (χ3v) is 6.17. The summed E-state index contributed by atoms with van der Waals surface area (Å²) in [4.78, 5) is 28.0. The van der Waals surface area contributed by atoms with E-state index >= 15 is 0 Å². The van der Waals surface area contributed by atoms with Crippen molar-refractivity contribution < 1.29 is 19.4 Å². The molecule has 1 aliphatic rings. The summed E-state index contributed by atoms with van der Waals surface area (Å²) in [7, 11) is 0. The monoisotopic (exact) mass is 463 g/mol. The summed E-state index contributed by atoms with van der Waals surface area (Å²) < 4.78 is 5.64. The van der Waals surface area contributed by atoms with Gasteiger partial charge in [-0.15, -0.1) is 0 Å². The van der Waals surface area contributed by atoms with Crippen molar-refractivity contribution >= 4 is 11.7 Å². The summed E-state index contributed by atoms with van der Waals surface area (Å²) in [5.74, 6) is -1.11. The van der Waals surface area contributed by atoms with Crippen LogP contribution in [0.1, 0.15) is 70.2 Å². The minimum atomic E-state index is -0.594. The molecule has 0 saturated carbocycles. The summed E-state index contributed by atoms with van der Waals surface area (Å²) >= 11 is 0. The molecule has 1 unspecified atom stereocenters. The predicted octanol–water partition coefficient (Wildman–Crippen LogP) is 5.70. The molecular formula is C29H37NO4. The Balaban J connectivity index is 1.87. The van der Waals surface area contributed by atoms with Gasteiger partial charge >= 0.3 is 0 Å². The average molecular weight is 464 g/mol. The van der Waals surface area contributed by atoms with E-state index in [9.17, 15) is 14.7 Å². The molecule has 1 atom stereocenters. The topological polar surface area (TPSA) is 66.8 Å². The zero-order chi connectivity index (χ0) is 24.9. The molecular weight excluding hydrogens is 426 g/mol. The van der Waals surface area contributed by atoms with Gasteiger partial charge in [0.1, 0.15) is 0 Å². The van der Waals surface area contributed by atoms with Gasteiger partial charge in [0.2, 0.25) is 0 Å². The van der Waals surface area contributed by atoms with Crippen LogP contribution in [0.4, 0.5) is 0 Å². The number of Topliss-reactive ketones (excluding diaryl/α,β-unsaturated/α-hetero) is 1. The van der Waals surface area contributed by atoms with Crippen LogP contribution >= 0.6 is 0 Å². The molecule has 0 spiro atoms. The number of amides is 1. The Morgan fingerprint density at radius 3 is 2.29 bits per heavy atom. The van der Waals surface area contributed by atoms with Crippen molar-refractivity contribution in [3.8, 4) is 0 Å². The van der Waals surface area contributed by atoms with E-state index in [0.717, 1.165) is 11.1 Å². The molecule has 1 heterocycles. The maximum absolute atomic E-state index is 13.3. The molecule has 2 aromatic rings.